The molecule has 20 heavy (non-hydrogen) atoms. The molecule has 1 saturated heterocycles. The van der Waals surface area contributed by atoms with Crippen LogP contribution in [0.4, 0.5) is 0 Å². The predicted octanol–water partition coefficient (Wildman–Crippen LogP) is 2.70. The summed E-state index contributed by atoms with van der Waals surface area (Å²) in [6.07, 6.45) is 3.97. The molecule has 0 unspecified atom stereocenters. The fourth-order valence-corrected chi connectivity index (χ4v) is 2.56. The van der Waals surface area contributed by atoms with Gasteiger partial charge in [-0.15, -0.1) is 0 Å². The van der Waals surface area contributed by atoms with Gasteiger partial charge < -0.3 is 10.2 Å². The molecule has 0 aromatic heterocycles. The molecule has 1 aliphatic heterocycles. The zero-order valence-corrected chi connectivity index (χ0v) is 13.5. The number of nitrogens with one attached hydrogen (secondary N) is 1. The lowest BCUT2D eigenvalue weighted by Gasteiger charge is -2.37. The van der Waals surface area contributed by atoms with Gasteiger partial charge in [-0.1, -0.05) is 27.7 Å². The average molecular weight is 279 g/mol. The number of nitrogens with zero attached hydrogens (tertiary/aromatic N) is 2. The van der Waals surface area contributed by atoms with Crippen LogP contribution < -0.4 is 5.32 Å². The molecule has 1 N–H and O–H groups in total. The molecule has 0 radical (unpaired) electrons. The smallest absolute Gasteiger partial charge is 0.221 e. The summed E-state index contributed by atoms with van der Waals surface area (Å²) in [4.78, 5) is 14.4. The van der Waals surface area contributed by atoms with E-state index in [-0.39, 0.29) is 11.3 Å². The molecule has 114 valence electrons. The molecule has 0 aromatic rings. The van der Waals surface area contributed by atoms with Gasteiger partial charge in [0.25, 0.3) is 0 Å². The summed E-state index contributed by atoms with van der Waals surface area (Å²) in [6.45, 7) is 11.4. The highest BCUT2D eigenvalue weighted by Gasteiger charge is 2.35. The predicted molar refractivity (Wildman–Crippen MR) is 81.1 cm³/mol. The first kappa shape index (κ1) is 17.0. The maximum absolute atomic E-state index is 12.1. The van der Waals surface area contributed by atoms with Crippen molar-refractivity contribution in [1.82, 2.24) is 10.2 Å². The first-order valence-corrected chi connectivity index (χ1v) is 7.75. The van der Waals surface area contributed by atoms with E-state index in [0.717, 1.165) is 45.3 Å². The number of hydrogen-bond acceptors (Lipinski definition) is 3. The monoisotopic (exact) mass is 279 g/mol. The number of likely N-dealkylation sites (tertiary alicyclic amines) is 1. The van der Waals surface area contributed by atoms with Gasteiger partial charge in [0.2, 0.25) is 5.91 Å². The van der Waals surface area contributed by atoms with Crippen LogP contribution in [0.5, 0.6) is 0 Å². The lowest BCUT2D eigenvalue weighted by molar-refractivity contribution is -0.123. The Morgan fingerprint density at radius 2 is 1.95 bits per heavy atom. The van der Waals surface area contributed by atoms with Crippen molar-refractivity contribution in [2.45, 2.75) is 65.3 Å². The van der Waals surface area contributed by atoms with Crippen molar-refractivity contribution < 1.29 is 4.79 Å². The molecule has 0 aliphatic carbocycles. The fraction of sp³-hybridized carbons (Fsp3) is 0.875. The van der Waals surface area contributed by atoms with E-state index >= 15 is 0 Å². The molecule has 0 spiro atoms. The normalized spacial score (nSPS) is 19.4. The standard InChI is InChI=1S/C16H29N3O/c1-5-10-19-11-8-16(13-17,9-12-19)18-14(20)6-7-15(2,3)4/h5-12H2,1-4H3,(H,18,20). The van der Waals surface area contributed by atoms with E-state index in [1.54, 1.807) is 0 Å². The maximum atomic E-state index is 12.1. The number of hydrogen-bond donors (Lipinski definition) is 1. The Hall–Kier alpha value is -1.08. The van der Waals surface area contributed by atoms with Crippen LogP contribution in [0.15, 0.2) is 0 Å². The summed E-state index contributed by atoms with van der Waals surface area (Å²) >= 11 is 0. The Balaban J connectivity index is 2.47. The topological polar surface area (TPSA) is 56.1 Å². The van der Waals surface area contributed by atoms with Gasteiger partial charge in [0.05, 0.1) is 6.07 Å². The highest BCUT2D eigenvalue weighted by Crippen LogP contribution is 2.24. The average Bonchev–Trinajstić information content (AvgIpc) is 2.38. The minimum Gasteiger partial charge on any atom is -0.338 e. The number of carbonyl (C=O) groups is 1. The molecule has 4 heteroatoms. The zero-order valence-electron chi connectivity index (χ0n) is 13.5. The third kappa shape index (κ3) is 5.50. The van der Waals surface area contributed by atoms with Crippen LogP contribution in [0, 0.1) is 16.7 Å². The van der Waals surface area contributed by atoms with Gasteiger partial charge in [-0.2, -0.15) is 5.26 Å². The largest absolute Gasteiger partial charge is 0.338 e. The van der Waals surface area contributed by atoms with Crippen LogP contribution in [0.1, 0.15) is 59.8 Å². The molecule has 1 rings (SSSR count). The van der Waals surface area contributed by atoms with Crippen molar-refractivity contribution in [3.8, 4) is 6.07 Å². The fourth-order valence-electron chi connectivity index (χ4n) is 2.56. The highest BCUT2D eigenvalue weighted by molar-refractivity contribution is 5.77. The molecular formula is C16H29N3O. The summed E-state index contributed by atoms with van der Waals surface area (Å²) in [5, 5.41) is 12.4. The van der Waals surface area contributed by atoms with Crippen LogP contribution in [0.2, 0.25) is 0 Å². The molecule has 1 aliphatic rings. The Kier molecular flexibility index (Phi) is 6.01. The van der Waals surface area contributed by atoms with Crippen molar-refractivity contribution in [3.05, 3.63) is 0 Å². The van der Waals surface area contributed by atoms with Gasteiger partial charge in [0.1, 0.15) is 5.54 Å². The maximum Gasteiger partial charge on any atom is 0.221 e. The van der Waals surface area contributed by atoms with Gasteiger partial charge in [-0.3, -0.25) is 4.79 Å². The number of carbonyl (C=O) groups excluding carboxylic acids is 1. The molecule has 0 atom stereocenters. The van der Waals surface area contributed by atoms with Crippen LogP contribution in [-0.2, 0) is 4.79 Å². The van der Waals surface area contributed by atoms with Gasteiger partial charge in [0.15, 0.2) is 0 Å². The van der Waals surface area contributed by atoms with Crippen molar-refractivity contribution in [2.75, 3.05) is 19.6 Å². The van der Waals surface area contributed by atoms with Crippen molar-refractivity contribution in [2.24, 2.45) is 5.41 Å². The third-order valence-electron chi connectivity index (χ3n) is 3.94. The van der Waals surface area contributed by atoms with Crippen LogP contribution in [-0.4, -0.2) is 36.0 Å². The lowest BCUT2D eigenvalue weighted by Crippen LogP contribution is -2.54. The molecule has 1 fully saturated rings. The second kappa shape index (κ2) is 7.08. The first-order chi connectivity index (χ1) is 9.30. The van der Waals surface area contributed by atoms with Gasteiger partial charge in [-0.05, 0) is 37.6 Å². The van der Waals surface area contributed by atoms with Gasteiger partial charge in [-0.25, -0.2) is 0 Å². The molecule has 1 heterocycles. The summed E-state index contributed by atoms with van der Waals surface area (Å²) in [7, 11) is 0. The second-order valence-electron chi connectivity index (χ2n) is 7.14. The van der Waals surface area contributed by atoms with E-state index in [9.17, 15) is 10.1 Å². The van der Waals surface area contributed by atoms with E-state index in [1.807, 2.05) is 0 Å². The number of rotatable bonds is 5. The van der Waals surface area contributed by atoms with E-state index in [4.69, 9.17) is 0 Å². The minimum atomic E-state index is -0.640. The van der Waals surface area contributed by atoms with Crippen LogP contribution in [0.3, 0.4) is 0 Å². The summed E-state index contributed by atoms with van der Waals surface area (Å²) in [5.74, 6) is 0.0189. The van der Waals surface area contributed by atoms with Crippen molar-refractivity contribution in [1.29, 1.82) is 5.26 Å². The lowest BCUT2D eigenvalue weighted by atomic mass is 9.87. The highest BCUT2D eigenvalue weighted by atomic mass is 16.1. The van der Waals surface area contributed by atoms with E-state index in [2.05, 4.69) is 44.0 Å². The SMILES string of the molecule is CCCN1CCC(C#N)(NC(=O)CCC(C)(C)C)CC1. The molecule has 0 bridgehead atoms. The molecular weight excluding hydrogens is 250 g/mol. The van der Waals surface area contributed by atoms with Gasteiger partial charge in [0, 0.05) is 19.5 Å². The van der Waals surface area contributed by atoms with Crippen molar-refractivity contribution in [3.63, 3.8) is 0 Å². The minimum absolute atomic E-state index is 0.0189. The third-order valence-corrected chi connectivity index (χ3v) is 3.94. The number of piperidine rings is 1. The number of amides is 1. The van der Waals surface area contributed by atoms with Crippen LogP contribution >= 0.6 is 0 Å². The number of nitriles is 1. The Morgan fingerprint density at radius 1 is 1.35 bits per heavy atom. The summed E-state index contributed by atoms with van der Waals surface area (Å²) < 4.78 is 0. The first-order valence-electron chi connectivity index (χ1n) is 7.75. The quantitative estimate of drug-likeness (QED) is 0.842. The molecule has 1 amide bonds. The van der Waals surface area contributed by atoms with Gasteiger partial charge >= 0.3 is 0 Å². The van der Waals surface area contributed by atoms with E-state index < -0.39 is 5.54 Å². The Morgan fingerprint density at radius 3 is 2.40 bits per heavy atom. The molecule has 0 saturated carbocycles. The zero-order chi connectivity index (χ0) is 15.2. The Labute approximate surface area is 123 Å². The second-order valence-corrected chi connectivity index (χ2v) is 7.14. The molecule has 4 nitrogen and oxygen atoms in total. The summed E-state index contributed by atoms with van der Waals surface area (Å²) in [6, 6.07) is 2.35. The summed E-state index contributed by atoms with van der Waals surface area (Å²) in [5.41, 5.74) is -0.485. The van der Waals surface area contributed by atoms with Crippen LogP contribution in [0.25, 0.3) is 0 Å². The van der Waals surface area contributed by atoms with E-state index in [0.29, 0.717) is 6.42 Å². The van der Waals surface area contributed by atoms with E-state index in [1.165, 1.54) is 0 Å². The molecule has 0 aromatic carbocycles. The van der Waals surface area contributed by atoms with Crippen molar-refractivity contribution >= 4 is 5.91 Å². The Bertz CT molecular complexity index is 357.